The van der Waals surface area contributed by atoms with Crippen molar-refractivity contribution >= 4 is 5.97 Å². The fourth-order valence-electron chi connectivity index (χ4n) is 3.44. The third kappa shape index (κ3) is 4.40. The summed E-state index contributed by atoms with van der Waals surface area (Å²) >= 11 is 0. The molecular formula is C25H19FN2O4. The maximum Gasteiger partial charge on any atom is 0.349 e. The van der Waals surface area contributed by atoms with Gasteiger partial charge in [-0.3, -0.25) is 0 Å². The SMILES string of the molecule is Cc1ccc(OCC(=O)Oc2ccc3c(c2)OC(N)=C(C#N)C3c2ccc(F)cc2)cc1. The molecule has 0 bridgehead atoms. The van der Waals surface area contributed by atoms with Crippen LogP contribution in [0.2, 0.25) is 0 Å². The van der Waals surface area contributed by atoms with E-state index in [1.807, 2.05) is 19.1 Å². The molecule has 1 unspecified atom stereocenters. The molecule has 0 aromatic heterocycles. The van der Waals surface area contributed by atoms with Crippen LogP contribution in [0.4, 0.5) is 4.39 Å². The first-order valence-corrected chi connectivity index (χ1v) is 9.82. The van der Waals surface area contributed by atoms with Gasteiger partial charge in [0.25, 0.3) is 0 Å². The number of nitrogens with two attached hydrogens (primary N) is 1. The first-order chi connectivity index (χ1) is 15.4. The Morgan fingerprint density at radius 2 is 1.78 bits per heavy atom. The van der Waals surface area contributed by atoms with Gasteiger partial charge in [-0.2, -0.15) is 5.26 Å². The van der Waals surface area contributed by atoms with Crippen LogP contribution in [0, 0.1) is 24.1 Å². The molecule has 7 heteroatoms. The predicted molar refractivity (Wildman–Crippen MR) is 114 cm³/mol. The van der Waals surface area contributed by atoms with Crippen molar-refractivity contribution in [3.63, 3.8) is 0 Å². The average molecular weight is 430 g/mol. The normalized spacial score (nSPS) is 14.7. The maximum absolute atomic E-state index is 13.4. The lowest BCUT2D eigenvalue weighted by atomic mass is 9.83. The molecule has 0 aliphatic carbocycles. The summed E-state index contributed by atoms with van der Waals surface area (Å²) in [5, 5.41) is 9.59. The minimum absolute atomic E-state index is 0.0551. The van der Waals surface area contributed by atoms with Gasteiger partial charge in [-0.1, -0.05) is 35.9 Å². The van der Waals surface area contributed by atoms with Crippen LogP contribution in [0.15, 0.2) is 78.2 Å². The molecule has 0 spiro atoms. The number of halogens is 1. The molecule has 0 saturated heterocycles. The molecule has 0 radical (unpaired) electrons. The number of benzene rings is 3. The second-order valence-corrected chi connectivity index (χ2v) is 7.25. The van der Waals surface area contributed by atoms with Crippen LogP contribution in [0.3, 0.4) is 0 Å². The van der Waals surface area contributed by atoms with Gasteiger partial charge in [-0.05, 0) is 42.8 Å². The van der Waals surface area contributed by atoms with Crippen molar-refractivity contribution < 1.29 is 23.4 Å². The summed E-state index contributed by atoms with van der Waals surface area (Å²) in [6.07, 6.45) is 0. The highest BCUT2D eigenvalue weighted by Gasteiger charge is 2.31. The molecule has 1 aliphatic heterocycles. The van der Waals surface area contributed by atoms with E-state index < -0.39 is 11.9 Å². The number of allylic oxidation sites excluding steroid dienone is 1. The fraction of sp³-hybridized carbons (Fsp3) is 0.120. The summed E-state index contributed by atoms with van der Waals surface area (Å²) in [6.45, 7) is 1.69. The summed E-state index contributed by atoms with van der Waals surface area (Å²) in [7, 11) is 0. The van der Waals surface area contributed by atoms with Gasteiger partial charge in [-0.25, -0.2) is 9.18 Å². The molecule has 32 heavy (non-hydrogen) atoms. The van der Waals surface area contributed by atoms with Crippen LogP contribution < -0.4 is 19.9 Å². The van der Waals surface area contributed by atoms with Crippen LogP contribution in [-0.4, -0.2) is 12.6 Å². The van der Waals surface area contributed by atoms with Crippen molar-refractivity contribution in [1.29, 1.82) is 5.26 Å². The van der Waals surface area contributed by atoms with Crippen molar-refractivity contribution in [2.45, 2.75) is 12.8 Å². The number of ether oxygens (including phenoxy) is 3. The molecular weight excluding hydrogens is 411 g/mol. The molecule has 4 rings (SSSR count). The van der Waals surface area contributed by atoms with E-state index in [9.17, 15) is 14.4 Å². The van der Waals surface area contributed by atoms with E-state index in [0.717, 1.165) is 5.56 Å². The van der Waals surface area contributed by atoms with Gasteiger partial charge in [0, 0.05) is 11.6 Å². The summed E-state index contributed by atoms with van der Waals surface area (Å²) in [4.78, 5) is 12.2. The van der Waals surface area contributed by atoms with Crippen LogP contribution in [-0.2, 0) is 4.79 Å². The number of nitrogens with zero attached hydrogens (tertiary/aromatic N) is 1. The Hall–Kier alpha value is -4.31. The Balaban J connectivity index is 1.53. The lowest BCUT2D eigenvalue weighted by Gasteiger charge is -2.26. The zero-order valence-corrected chi connectivity index (χ0v) is 17.2. The summed E-state index contributed by atoms with van der Waals surface area (Å²) in [5.41, 5.74) is 8.61. The van der Waals surface area contributed by atoms with Crippen LogP contribution in [0.5, 0.6) is 17.2 Å². The third-order valence-electron chi connectivity index (χ3n) is 5.00. The van der Waals surface area contributed by atoms with Crippen molar-refractivity contribution in [3.8, 4) is 23.3 Å². The summed E-state index contributed by atoms with van der Waals surface area (Å²) < 4.78 is 29.8. The Bertz CT molecular complexity index is 1230. The lowest BCUT2D eigenvalue weighted by molar-refractivity contribution is -0.136. The molecule has 6 nitrogen and oxygen atoms in total. The highest BCUT2D eigenvalue weighted by Crippen LogP contribution is 2.43. The predicted octanol–water partition coefficient (Wildman–Crippen LogP) is 4.34. The van der Waals surface area contributed by atoms with Crippen molar-refractivity contribution in [2.24, 2.45) is 5.73 Å². The van der Waals surface area contributed by atoms with E-state index in [0.29, 0.717) is 22.6 Å². The average Bonchev–Trinajstić information content (AvgIpc) is 2.78. The monoisotopic (exact) mass is 430 g/mol. The number of hydrogen-bond acceptors (Lipinski definition) is 6. The highest BCUT2D eigenvalue weighted by molar-refractivity contribution is 5.74. The van der Waals surface area contributed by atoms with Gasteiger partial charge in [0.2, 0.25) is 5.88 Å². The van der Waals surface area contributed by atoms with Gasteiger partial charge >= 0.3 is 5.97 Å². The standard InChI is InChI=1S/C25H19FN2O4/c1-15-2-8-18(9-3-15)30-14-23(29)31-19-10-11-20-22(12-19)32-25(28)21(13-27)24(20)16-4-6-17(26)7-5-16/h2-12,24H,14,28H2,1H3. The number of hydrogen-bond donors (Lipinski definition) is 1. The van der Waals surface area contributed by atoms with Gasteiger partial charge in [0.1, 0.15) is 34.7 Å². The van der Waals surface area contributed by atoms with Crippen LogP contribution >= 0.6 is 0 Å². The minimum atomic E-state index is -0.586. The number of carbonyl (C=O) groups excluding carboxylic acids is 1. The number of fused-ring (bicyclic) bond motifs is 1. The first kappa shape index (κ1) is 20.9. The Morgan fingerprint density at radius 1 is 1.09 bits per heavy atom. The minimum Gasteiger partial charge on any atom is -0.482 e. The second-order valence-electron chi connectivity index (χ2n) is 7.25. The van der Waals surface area contributed by atoms with Crippen molar-refractivity contribution in [1.82, 2.24) is 0 Å². The van der Waals surface area contributed by atoms with E-state index in [4.69, 9.17) is 19.9 Å². The third-order valence-corrected chi connectivity index (χ3v) is 5.00. The van der Waals surface area contributed by atoms with Crippen LogP contribution in [0.1, 0.15) is 22.6 Å². The molecule has 3 aromatic carbocycles. The van der Waals surface area contributed by atoms with Gasteiger partial charge in [0.15, 0.2) is 6.61 Å². The molecule has 1 aliphatic rings. The number of carbonyl (C=O) groups is 1. The van der Waals surface area contributed by atoms with E-state index >= 15 is 0 Å². The molecule has 160 valence electrons. The topological polar surface area (TPSA) is 94.6 Å². The molecule has 0 fully saturated rings. The molecule has 1 atom stereocenters. The largest absolute Gasteiger partial charge is 0.482 e. The van der Waals surface area contributed by atoms with Crippen molar-refractivity contribution in [2.75, 3.05) is 6.61 Å². The summed E-state index contributed by atoms with van der Waals surface area (Å²) in [5.74, 6) is -0.401. The highest BCUT2D eigenvalue weighted by atomic mass is 19.1. The van der Waals surface area contributed by atoms with Crippen molar-refractivity contribution in [3.05, 3.63) is 101 Å². The molecule has 1 heterocycles. The second kappa shape index (κ2) is 8.82. The molecule has 2 N–H and O–H groups in total. The molecule has 0 saturated carbocycles. The molecule has 0 amide bonds. The van der Waals surface area contributed by atoms with Gasteiger partial charge in [0.05, 0.1) is 5.92 Å². The number of aryl methyl sites for hydroxylation is 1. The van der Waals surface area contributed by atoms with E-state index in [2.05, 4.69) is 6.07 Å². The van der Waals surface area contributed by atoms with E-state index in [-0.39, 0.29) is 29.6 Å². The number of rotatable bonds is 5. The fourth-order valence-corrected chi connectivity index (χ4v) is 3.44. The smallest absolute Gasteiger partial charge is 0.349 e. The van der Waals surface area contributed by atoms with Gasteiger partial charge < -0.3 is 19.9 Å². The quantitative estimate of drug-likeness (QED) is 0.478. The van der Waals surface area contributed by atoms with E-state index in [1.165, 1.54) is 18.2 Å². The maximum atomic E-state index is 13.4. The van der Waals surface area contributed by atoms with E-state index in [1.54, 1.807) is 36.4 Å². The zero-order valence-electron chi connectivity index (χ0n) is 17.2. The van der Waals surface area contributed by atoms with Gasteiger partial charge in [-0.15, -0.1) is 0 Å². The summed E-state index contributed by atoms with van der Waals surface area (Å²) in [6, 6.07) is 20.0. The lowest BCUT2D eigenvalue weighted by Crippen LogP contribution is -2.21. The first-order valence-electron chi connectivity index (χ1n) is 9.82. The number of nitriles is 1. The number of esters is 1. The Kier molecular flexibility index (Phi) is 5.77. The van der Waals surface area contributed by atoms with Crippen LogP contribution in [0.25, 0.3) is 0 Å². The zero-order chi connectivity index (χ0) is 22.7. The molecule has 3 aromatic rings. The Labute approximate surface area is 184 Å². The Morgan fingerprint density at radius 3 is 2.47 bits per heavy atom.